The molecule has 0 spiro atoms. The van der Waals surface area contributed by atoms with Crippen LogP contribution in [0.5, 0.6) is 17.2 Å². The summed E-state index contributed by atoms with van der Waals surface area (Å²) in [6.07, 6.45) is 3.90. The Kier molecular flexibility index (Phi) is 4.14. The molecular weight excluding hydrogens is 296 g/mol. The van der Waals surface area contributed by atoms with Crippen LogP contribution in [0.15, 0.2) is 35.0 Å². The van der Waals surface area contributed by atoms with Crippen LogP contribution in [0.2, 0.25) is 0 Å². The first-order valence-corrected chi connectivity index (χ1v) is 6.96. The molecule has 0 aliphatic heterocycles. The van der Waals surface area contributed by atoms with Gasteiger partial charge in [0, 0.05) is 5.56 Å². The topological polar surface area (TPSA) is 66.6 Å². The number of fused-ring (bicyclic) bond motifs is 1. The van der Waals surface area contributed by atoms with Crippen LogP contribution in [0.1, 0.15) is 11.1 Å². The fourth-order valence-corrected chi connectivity index (χ4v) is 2.34. The Morgan fingerprint density at radius 2 is 1.61 bits per heavy atom. The fourth-order valence-electron chi connectivity index (χ4n) is 2.34. The van der Waals surface area contributed by atoms with Gasteiger partial charge in [-0.15, -0.1) is 0 Å². The monoisotopic (exact) mass is 312 g/mol. The van der Waals surface area contributed by atoms with Gasteiger partial charge in [0.1, 0.15) is 11.0 Å². The van der Waals surface area contributed by atoms with E-state index in [0.717, 1.165) is 16.6 Å². The van der Waals surface area contributed by atoms with Crippen molar-refractivity contribution >= 4 is 23.2 Å². The Morgan fingerprint density at radius 3 is 2.35 bits per heavy atom. The van der Waals surface area contributed by atoms with Crippen molar-refractivity contribution in [3.05, 3.63) is 41.5 Å². The van der Waals surface area contributed by atoms with E-state index in [0.29, 0.717) is 22.8 Å². The molecule has 6 nitrogen and oxygen atoms in total. The highest BCUT2D eigenvalue weighted by Crippen LogP contribution is 2.40. The summed E-state index contributed by atoms with van der Waals surface area (Å²) in [5.74, 6) is 1.80. The molecule has 0 saturated heterocycles. The second-order valence-electron chi connectivity index (χ2n) is 4.77. The van der Waals surface area contributed by atoms with Gasteiger partial charge in [-0.3, -0.25) is 0 Å². The number of nitrogens with zero attached hydrogens (tertiary/aromatic N) is 2. The average Bonchev–Trinajstić information content (AvgIpc) is 3.06. The quantitative estimate of drug-likeness (QED) is 0.673. The van der Waals surface area contributed by atoms with Gasteiger partial charge in [0.05, 0.1) is 21.3 Å². The maximum absolute atomic E-state index is 5.46. The fraction of sp³-hybridized carbons (Fsp3) is 0.176. The lowest BCUT2D eigenvalue weighted by Gasteiger charge is -2.13. The van der Waals surface area contributed by atoms with E-state index in [9.17, 15) is 0 Å². The number of hydrogen-bond acceptors (Lipinski definition) is 6. The van der Waals surface area contributed by atoms with Gasteiger partial charge < -0.3 is 14.2 Å². The molecular formula is C17H16N2O4. The van der Waals surface area contributed by atoms with Gasteiger partial charge in [0.25, 0.3) is 0 Å². The molecule has 0 unspecified atom stereocenters. The Morgan fingerprint density at radius 1 is 0.826 bits per heavy atom. The van der Waals surface area contributed by atoms with Crippen LogP contribution in [0.4, 0.5) is 0 Å². The molecule has 23 heavy (non-hydrogen) atoms. The molecule has 0 aliphatic carbocycles. The third-order valence-corrected chi connectivity index (χ3v) is 3.47. The molecule has 0 radical (unpaired) electrons. The molecule has 6 heteroatoms. The lowest BCUT2D eigenvalue weighted by atomic mass is 10.1. The first kappa shape index (κ1) is 14.9. The first-order chi connectivity index (χ1) is 11.3. The predicted molar refractivity (Wildman–Crippen MR) is 86.8 cm³/mol. The molecule has 0 amide bonds. The summed E-state index contributed by atoms with van der Waals surface area (Å²) in [6.45, 7) is 0. The van der Waals surface area contributed by atoms with Crippen molar-refractivity contribution in [2.45, 2.75) is 0 Å². The number of rotatable bonds is 5. The van der Waals surface area contributed by atoms with Crippen LogP contribution >= 0.6 is 0 Å². The normalized spacial score (nSPS) is 11.1. The van der Waals surface area contributed by atoms with E-state index in [1.165, 1.54) is 0 Å². The lowest BCUT2D eigenvalue weighted by Crippen LogP contribution is -1.96. The molecule has 118 valence electrons. The van der Waals surface area contributed by atoms with E-state index in [1.54, 1.807) is 21.3 Å². The summed E-state index contributed by atoms with van der Waals surface area (Å²) in [5, 5.41) is 7.62. The number of aromatic nitrogens is 2. The molecule has 0 atom stereocenters. The second kappa shape index (κ2) is 6.39. The SMILES string of the molecule is COc1ccc(/C=C\c2ccc3nonc3c2)c(OC)c1OC. The third-order valence-electron chi connectivity index (χ3n) is 3.47. The van der Waals surface area contributed by atoms with Crippen LogP contribution in [0.25, 0.3) is 23.2 Å². The molecule has 0 bridgehead atoms. The zero-order chi connectivity index (χ0) is 16.2. The number of methoxy groups -OCH3 is 3. The molecule has 2 aromatic carbocycles. The molecule has 3 aromatic rings. The van der Waals surface area contributed by atoms with Gasteiger partial charge >= 0.3 is 0 Å². The second-order valence-corrected chi connectivity index (χ2v) is 4.77. The van der Waals surface area contributed by atoms with Crippen LogP contribution < -0.4 is 14.2 Å². The van der Waals surface area contributed by atoms with Crippen molar-refractivity contribution in [1.29, 1.82) is 0 Å². The predicted octanol–water partition coefficient (Wildman–Crippen LogP) is 3.42. The molecule has 0 fully saturated rings. The summed E-state index contributed by atoms with van der Waals surface area (Å²) in [5.41, 5.74) is 3.30. The molecule has 0 saturated carbocycles. The summed E-state index contributed by atoms with van der Waals surface area (Å²) in [4.78, 5) is 0. The first-order valence-electron chi connectivity index (χ1n) is 6.96. The van der Waals surface area contributed by atoms with Crippen molar-refractivity contribution in [3.8, 4) is 17.2 Å². The van der Waals surface area contributed by atoms with Crippen LogP contribution in [-0.4, -0.2) is 31.6 Å². The molecule has 3 rings (SSSR count). The minimum absolute atomic E-state index is 0.563. The highest BCUT2D eigenvalue weighted by atomic mass is 16.6. The Bertz CT molecular complexity index is 855. The van der Waals surface area contributed by atoms with Crippen LogP contribution in [0, 0.1) is 0 Å². The summed E-state index contributed by atoms with van der Waals surface area (Å²) < 4.78 is 20.8. The van der Waals surface area contributed by atoms with E-state index in [2.05, 4.69) is 10.3 Å². The van der Waals surface area contributed by atoms with Gasteiger partial charge in [0.15, 0.2) is 11.5 Å². The third kappa shape index (κ3) is 2.83. The Hall–Kier alpha value is -3.02. The van der Waals surface area contributed by atoms with Crippen LogP contribution in [-0.2, 0) is 0 Å². The van der Waals surface area contributed by atoms with E-state index in [-0.39, 0.29) is 0 Å². The maximum Gasteiger partial charge on any atom is 0.203 e. The Balaban J connectivity index is 1.97. The molecule has 0 N–H and O–H groups in total. The molecule has 0 aliphatic rings. The Labute approximate surface area is 133 Å². The van der Waals surface area contributed by atoms with Crippen molar-refractivity contribution in [3.63, 3.8) is 0 Å². The van der Waals surface area contributed by atoms with Crippen LogP contribution in [0.3, 0.4) is 0 Å². The number of ether oxygens (including phenoxy) is 3. The van der Waals surface area contributed by atoms with Gasteiger partial charge in [-0.25, -0.2) is 4.63 Å². The smallest absolute Gasteiger partial charge is 0.203 e. The molecule has 1 heterocycles. The van der Waals surface area contributed by atoms with E-state index >= 15 is 0 Å². The minimum atomic E-state index is 0.563. The van der Waals surface area contributed by atoms with Crippen molar-refractivity contribution in [1.82, 2.24) is 10.3 Å². The largest absolute Gasteiger partial charge is 0.493 e. The summed E-state index contributed by atoms with van der Waals surface area (Å²) in [7, 11) is 4.77. The zero-order valence-electron chi connectivity index (χ0n) is 13.1. The minimum Gasteiger partial charge on any atom is -0.493 e. The van der Waals surface area contributed by atoms with Crippen molar-refractivity contribution in [2.75, 3.05) is 21.3 Å². The van der Waals surface area contributed by atoms with E-state index in [1.807, 2.05) is 42.5 Å². The highest BCUT2D eigenvalue weighted by Gasteiger charge is 2.14. The van der Waals surface area contributed by atoms with Crippen molar-refractivity contribution < 1.29 is 18.8 Å². The van der Waals surface area contributed by atoms with Crippen molar-refractivity contribution in [2.24, 2.45) is 0 Å². The maximum atomic E-state index is 5.46. The lowest BCUT2D eigenvalue weighted by molar-refractivity contribution is 0.315. The number of hydrogen-bond donors (Lipinski definition) is 0. The summed E-state index contributed by atoms with van der Waals surface area (Å²) in [6, 6.07) is 9.45. The van der Waals surface area contributed by atoms with Gasteiger partial charge in [-0.1, -0.05) is 18.2 Å². The van der Waals surface area contributed by atoms with Gasteiger partial charge in [0.2, 0.25) is 5.75 Å². The van der Waals surface area contributed by atoms with E-state index in [4.69, 9.17) is 18.8 Å². The average molecular weight is 312 g/mol. The van der Waals surface area contributed by atoms with Gasteiger partial charge in [-0.05, 0) is 40.1 Å². The van der Waals surface area contributed by atoms with E-state index < -0.39 is 0 Å². The summed E-state index contributed by atoms with van der Waals surface area (Å²) >= 11 is 0. The molecule has 1 aromatic heterocycles. The zero-order valence-corrected chi connectivity index (χ0v) is 13.1. The standard InChI is InChI=1S/C17H16N2O4/c1-20-15-9-7-12(16(21-2)17(15)22-3)6-4-11-5-8-13-14(10-11)19-23-18-13/h4-10H,1-3H3/b6-4-. The highest BCUT2D eigenvalue weighted by molar-refractivity contribution is 5.81. The van der Waals surface area contributed by atoms with Gasteiger partial charge in [-0.2, -0.15) is 0 Å². The number of benzene rings is 2.